The molecule has 1 heterocycles. The van der Waals surface area contributed by atoms with Crippen molar-refractivity contribution in [2.75, 3.05) is 30.9 Å². The van der Waals surface area contributed by atoms with E-state index in [9.17, 15) is 0 Å². The second kappa shape index (κ2) is 5.52. The van der Waals surface area contributed by atoms with Crippen molar-refractivity contribution in [1.29, 1.82) is 0 Å². The topological polar surface area (TPSA) is 58.3 Å². The van der Waals surface area contributed by atoms with E-state index in [1.165, 1.54) is 0 Å². The van der Waals surface area contributed by atoms with E-state index in [2.05, 4.69) is 21.9 Å². The second-order valence-corrected chi connectivity index (χ2v) is 5.29. The Morgan fingerprint density at radius 1 is 1.17 bits per heavy atom. The maximum absolute atomic E-state index is 5.95. The van der Waals surface area contributed by atoms with E-state index in [4.69, 9.17) is 5.73 Å². The van der Waals surface area contributed by atoms with Crippen molar-refractivity contribution in [2.24, 2.45) is 5.73 Å². The van der Waals surface area contributed by atoms with E-state index >= 15 is 0 Å². The number of nitrogens with two attached hydrogens (primary N) is 1. The molecule has 1 fully saturated rings. The summed E-state index contributed by atoms with van der Waals surface area (Å²) in [6.45, 7) is 0. The molecule has 5 nitrogen and oxygen atoms in total. The molecule has 0 atom stereocenters. The van der Waals surface area contributed by atoms with Crippen LogP contribution in [0.15, 0.2) is 12.3 Å². The normalized spacial score (nSPS) is 23.8. The van der Waals surface area contributed by atoms with Gasteiger partial charge < -0.3 is 15.5 Å². The molecule has 1 aromatic rings. The van der Waals surface area contributed by atoms with Crippen LogP contribution in [0.4, 0.5) is 11.8 Å². The minimum Gasteiger partial charge on any atom is -0.357 e. The van der Waals surface area contributed by atoms with Crippen LogP contribution in [-0.2, 0) is 0 Å². The molecule has 1 aromatic heterocycles. The van der Waals surface area contributed by atoms with E-state index in [1.54, 1.807) is 0 Å². The highest BCUT2D eigenvalue weighted by Gasteiger charge is 2.23. The highest BCUT2D eigenvalue weighted by atomic mass is 15.3. The molecule has 0 saturated heterocycles. The maximum Gasteiger partial charge on any atom is 0.226 e. The monoisotopic (exact) mass is 249 g/mol. The van der Waals surface area contributed by atoms with Gasteiger partial charge in [0.1, 0.15) is 5.82 Å². The number of hydrogen-bond acceptors (Lipinski definition) is 5. The van der Waals surface area contributed by atoms with E-state index in [0.29, 0.717) is 12.1 Å². The molecule has 0 spiro atoms. The van der Waals surface area contributed by atoms with Crippen LogP contribution in [-0.4, -0.2) is 43.2 Å². The first-order valence-electron chi connectivity index (χ1n) is 6.56. The van der Waals surface area contributed by atoms with Crippen LogP contribution in [0, 0.1) is 0 Å². The predicted molar refractivity (Wildman–Crippen MR) is 75.0 cm³/mol. The largest absolute Gasteiger partial charge is 0.357 e. The quantitative estimate of drug-likeness (QED) is 0.873. The van der Waals surface area contributed by atoms with Gasteiger partial charge in [0.15, 0.2) is 0 Å². The van der Waals surface area contributed by atoms with Crippen molar-refractivity contribution in [3.8, 4) is 0 Å². The van der Waals surface area contributed by atoms with E-state index in [0.717, 1.165) is 37.4 Å². The van der Waals surface area contributed by atoms with Gasteiger partial charge in [0.05, 0.1) is 0 Å². The summed E-state index contributed by atoms with van der Waals surface area (Å²) in [6.07, 6.45) is 6.35. The van der Waals surface area contributed by atoms with Crippen LogP contribution in [0.1, 0.15) is 25.7 Å². The molecule has 0 aromatic carbocycles. The predicted octanol–water partition coefficient (Wildman–Crippen LogP) is 1.25. The summed E-state index contributed by atoms with van der Waals surface area (Å²) in [7, 11) is 6.03. The Morgan fingerprint density at radius 2 is 1.83 bits per heavy atom. The molecular formula is C13H23N5. The third kappa shape index (κ3) is 2.90. The Bertz CT molecular complexity index is 385. The number of rotatable bonds is 3. The van der Waals surface area contributed by atoms with Crippen molar-refractivity contribution in [3.63, 3.8) is 0 Å². The van der Waals surface area contributed by atoms with Gasteiger partial charge in [-0.3, -0.25) is 0 Å². The lowest BCUT2D eigenvalue weighted by atomic mass is 9.91. The lowest BCUT2D eigenvalue weighted by Crippen LogP contribution is -2.39. The average Bonchev–Trinajstić information content (AvgIpc) is 2.39. The van der Waals surface area contributed by atoms with Crippen molar-refractivity contribution in [2.45, 2.75) is 37.8 Å². The van der Waals surface area contributed by atoms with Gasteiger partial charge in [0.2, 0.25) is 5.95 Å². The first kappa shape index (κ1) is 13.1. The van der Waals surface area contributed by atoms with Crippen LogP contribution in [0.25, 0.3) is 0 Å². The first-order chi connectivity index (χ1) is 8.58. The van der Waals surface area contributed by atoms with Gasteiger partial charge in [-0.05, 0) is 31.7 Å². The fourth-order valence-electron chi connectivity index (χ4n) is 2.43. The Kier molecular flexibility index (Phi) is 4.01. The molecular weight excluding hydrogens is 226 g/mol. The Labute approximate surface area is 109 Å². The molecule has 1 aliphatic rings. The van der Waals surface area contributed by atoms with E-state index < -0.39 is 0 Å². The molecule has 0 aliphatic heterocycles. The summed E-state index contributed by atoms with van der Waals surface area (Å²) in [5.41, 5.74) is 5.95. The number of aromatic nitrogens is 2. The highest BCUT2D eigenvalue weighted by Crippen LogP contribution is 2.25. The van der Waals surface area contributed by atoms with Gasteiger partial charge in [0.25, 0.3) is 0 Å². The molecule has 2 N–H and O–H groups in total. The summed E-state index contributed by atoms with van der Waals surface area (Å²) >= 11 is 0. The number of nitrogens with zero attached hydrogens (tertiary/aromatic N) is 4. The lowest BCUT2D eigenvalue weighted by Gasteiger charge is -2.34. The maximum atomic E-state index is 5.95. The molecule has 1 aliphatic carbocycles. The third-order valence-electron chi connectivity index (χ3n) is 3.68. The van der Waals surface area contributed by atoms with Crippen LogP contribution in [0.5, 0.6) is 0 Å². The van der Waals surface area contributed by atoms with Crippen LogP contribution in [0.2, 0.25) is 0 Å². The minimum atomic E-state index is 0.386. The van der Waals surface area contributed by atoms with Crippen molar-refractivity contribution < 1.29 is 0 Å². The van der Waals surface area contributed by atoms with Gasteiger partial charge in [-0.15, -0.1) is 0 Å². The zero-order chi connectivity index (χ0) is 13.1. The molecule has 0 bridgehead atoms. The zero-order valence-corrected chi connectivity index (χ0v) is 11.5. The van der Waals surface area contributed by atoms with Gasteiger partial charge in [-0.1, -0.05) is 0 Å². The second-order valence-electron chi connectivity index (χ2n) is 5.29. The molecule has 18 heavy (non-hydrogen) atoms. The van der Waals surface area contributed by atoms with Gasteiger partial charge in [-0.25, -0.2) is 4.98 Å². The van der Waals surface area contributed by atoms with E-state index in [-0.39, 0.29) is 0 Å². The van der Waals surface area contributed by atoms with Crippen molar-refractivity contribution >= 4 is 11.8 Å². The molecule has 2 rings (SSSR count). The molecule has 1 saturated carbocycles. The highest BCUT2D eigenvalue weighted by molar-refractivity contribution is 5.43. The zero-order valence-electron chi connectivity index (χ0n) is 11.5. The van der Waals surface area contributed by atoms with Gasteiger partial charge in [-0.2, -0.15) is 4.98 Å². The summed E-state index contributed by atoms with van der Waals surface area (Å²) in [5, 5.41) is 0. The number of hydrogen-bond donors (Lipinski definition) is 1. The molecule has 5 heteroatoms. The fourth-order valence-corrected chi connectivity index (χ4v) is 2.43. The average molecular weight is 249 g/mol. The molecule has 0 radical (unpaired) electrons. The molecule has 100 valence electrons. The Balaban J connectivity index is 2.08. The Morgan fingerprint density at radius 3 is 2.44 bits per heavy atom. The summed E-state index contributed by atoms with van der Waals surface area (Å²) < 4.78 is 0. The SMILES string of the molecule is CN(C)c1nccc(N(C)C2CCC(N)CC2)n1. The Hall–Kier alpha value is -1.36. The van der Waals surface area contributed by atoms with Crippen molar-refractivity contribution in [3.05, 3.63) is 12.3 Å². The first-order valence-corrected chi connectivity index (χ1v) is 6.56. The van der Waals surface area contributed by atoms with Gasteiger partial charge in [0, 0.05) is 39.4 Å². The van der Waals surface area contributed by atoms with Crippen LogP contribution in [0.3, 0.4) is 0 Å². The lowest BCUT2D eigenvalue weighted by molar-refractivity contribution is 0.384. The van der Waals surface area contributed by atoms with Crippen LogP contribution >= 0.6 is 0 Å². The summed E-state index contributed by atoms with van der Waals surface area (Å²) in [4.78, 5) is 13.0. The van der Waals surface area contributed by atoms with Crippen LogP contribution < -0.4 is 15.5 Å². The van der Waals surface area contributed by atoms with Gasteiger partial charge >= 0.3 is 0 Å². The summed E-state index contributed by atoms with van der Waals surface area (Å²) in [6, 6.07) is 2.91. The van der Waals surface area contributed by atoms with E-state index in [1.807, 2.05) is 31.3 Å². The smallest absolute Gasteiger partial charge is 0.226 e. The standard InChI is InChI=1S/C13H23N5/c1-17(2)13-15-9-8-12(16-13)18(3)11-6-4-10(14)5-7-11/h8-11H,4-7,14H2,1-3H3. The third-order valence-corrected chi connectivity index (χ3v) is 3.68. The molecule has 0 amide bonds. The summed E-state index contributed by atoms with van der Waals surface area (Å²) in [5.74, 6) is 1.75. The molecule has 0 unspecified atom stereocenters. The minimum absolute atomic E-state index is 0.386. The van der Waals surface area contributed by atoms with Crippen molar-refractivity contribution in [1.82, 2.24) is 9.97 Å². The fraction of sp³-hybridized carbons (Fsp3) is 0.692. The number of anilines is 2.